The zero-order valence-electron chi connectivity index (χ0n) is 10.8. The molecule has 0 bridgehead atoms. The highest BCUT2D eigenvalue weighted by Crippen LogP contribution is 2.34. The summed E-state index contributed by atoms with van der Waals surface area (Å²) in [6.45, 7) is 0.995. The van der Waals surface area contributed by atoms with E-state index in [1.54, 1.807) is 18.2 Å². The molecule has 0 saturated heterocycles. The van der Waals surface area contributed by atoms with Gasteiger partial charge >= 0.3 is 0 Å². The molecule has 0 fully saturated rings. The van der Waals surface area contributed by atoms with Gasteiger partial charge in [0.2, 0.25) is 16.8 Å². The van der Waals surface area contributed by atoms with E-state index < -0.39 is 10.0 Å². The fourth-order valence-electron chi connectivity index (χ4n) is 1.78. The maximum absolute atomic E-state index is 11.9. The Bertz CT molecular complexity index is 531. The molecule has 1 heterocycles. The van der Waals surface area contributed by atoms with Gasteiger partial charge in [0.05, 0.1) is 11.4 Å². The van der Waals surface area contributed by atoms with Crippen molar-refractivity contribution in [3.63, 3.8) is 0 Å². The number of anilines is 1. The highest BCUT2D eigenvalue weighted by molar-refractivity contribution is 7.92. The van der Waals surface area contributed by atoms with Gasteiger partial charge in [-0.05, 0) is 38.6 Å². The lowest BCUT2D eigenvalue weighted by Crippen LogP contribution is -2.18. The predicted octanol–water partition coefficient (Wildman–Crippen LogP) is 1.16. The quantitative estimate of drug-likeness (QED) is 0.736. The van der Waals surface area contributed by atoms with Gasteiger partial charge in [-0.1, -0.05) is 0 Å². The normalized spacial score (nSPS) is 13.5. The lowest BCUT2D eigenvalue weighted by Gasteiger charge is -2.08. The van der Waals surface area contributed by atoms with Gasteiger partial charge in [-0.3, -0.25) is 4.72 Å². The number of ether oxygens (including phenoxy) is 2. The molecule has 106 valence electrons. The van der Waals surface area contributed by atoms with Crippen molar-refractivity contribution in [2.24, 2.45) is 0 Å². The minimum absolute atomic E-state index is 0.114. The van der Waals surface area contributed by atoms with Crippen molar-refractivity contribution in [3.05, 3.63) is 18.2 Å². The van der Waals surface area contributed by atoms with Crippen molar-refractivity contribution in [3.8, 4) is 11.5 Å². The summed E-state index contributed by atoms with van der Waals surface area (Å²) >= 11 is 0. The molecule has 1 aliphatic rings. The Morgan fingerprint density at radius 1 is 1.21 bits per heavy atom. The first kappa shape index (κ1) is 14.0. The summed E-state index contributed by atoms with van der Waals surface area (Å²) in [5.41, 5.74) is 0.498. The molecular weight excluding hydrogens is 268 g/mol. The maximum Gasteiger partial charge on any atom is 0.232 e. The largest absolute Gasteiger partial charge is 0.454 e. The van der Waals surface area contributed by atoms with Crippen LogP contribution in [-0.2, 0) is 10.0 Å². The van der Waals surface area contributed by atoms with E-state index in [9.17, 15) is 8.42 Å². The van der Waals surface area contributed by atoms with Crippen LogP contribution in [0.25, 0.3) is 0 Å². The molecule has 7 heteroatoms. The van der Waals surface area contributed by atoms with E-state index in [-0.39, 0.29) is 12.5 Å². The lowest BCUT2D eigenvalue weighted by atomic mass is 10.3. The molecule has 2 N–H and O–H groups in total. The van der Waals surface area contributed by atoms with E-state index >= 15 is 0 Å². The summed E-state index contributed by atoms with van der Waals surface area (Å²) in [5.74, 6) is 1.32. The second-order valence-electron chi connectivity index (χ2n) is 4.30. The van der Waals surface area contributed by atoms with Crippen LogP contribution in [0.4, 0.5) is 5.69 Å². The molecule has 0 aromatic heterocycles. The molecule has 0 amide bonds. The lowest BCUT2D eigenvalue weighted by molar-refractivity contribution is 0.174. The Morgan fingerprint density at radius 3 is 2.79 bits per heavy atom. The van der Waals surface area contributed by atoms with Gasteiger partial charge in [0.15, 0.2) is 11.5 Å². The second kappa shape index (κ2) is 6.12. The van der Waals surface area contributed by atoms with E-state index in [0.29, 0.717) is 23.6 Å². The minimum atomic E-state index is -3.31. The molecule has 0 spiro atoms. The monoisotopic (exact) mass is 286 g/mol. The van der Waals surface area contributed by atoms with Crippen LogP contribution in [0, 0.1) is 0 Å². The number of benzene rings is 1. The Hall–Kier alpha value is -1.47. The van der Waals surface area contributed by atoms with Crippen LogP contribution in [-0.4, -0.2) is 34.6 Å². The number of nitrogens with one attached hydrogen (secondary N) is 2. The number of sulfonamides is 1. The van der Waals surface area contributed by atoms with Crippen molar-refractivity contribution >= 4 is 15.7 Å². The summed E-state index contributed by atoms with van der Waals surface area (Å²) in [6.07, 6.45) is 1.46. The standard InChI is InChI=1S/C12H18N2O4S/c1-13-6-2-3-7-19(15,16)14-10-4-5-11-12(8-10)18-9-17-11/h4-5,8,13-14H,2-3,6-7,9H2,1H3. The van der Waals surface area contributed by atoms with E-state index in [0.717, 1.165) is 13.0 Å². The van der Waals surface area contributed by atoms with Crippen LogP contribution in [0.15, 0.2) is 18.2 Å². The molecule has 19 heavy (non-hydrogen) atoms. The zero-order valence-corrected chi connectivity index (χ0v) is 11.6. The van der Waals surface area contributed by atoms with E-state index in [2.05, 4.69) is 10.0 Å². The molecule has 1 aromatic rings. The van der Waals surface area contributed by atoms with Gasteiger partial charge in [0.25, 0.3) is 0 Å². The predicted molar refractivity (Wildman–Crippen MR) is 73.1 cm³/mol. The molecule has 0 unspecified atom stereocenters. The summed E-state index contributed by atoms with van der Waals surface area (Å²) in [6, 6.07) is 4.99. The molecule has 0 aliphatic carbocycles. The van der Waals surface area contributed by atoms with Gasteiger partial charge in [0.1, 0.15) is 0 Å². The Morgan fingerprint density at radius 2 is 2.00 bits per heavy atom. The van der Waals surface area contributed by atoms with Crippen molar-refractivity contribution in [2.75, 3.05) is 30.9 Å². The Kier molecular flexibility index (Phi) is 4.49. The molecule has 6 nitrogen and oxygen atoms in total. The minimum Gasteiger partial charge on any atom is -0.454 e. The molecular formula is C12H18N2O4S. The summed E-state index contributed by atoms with van der Waals surface area (Å²) in [5, 5.41) is 2.99. The fourth-order valence-corrected chi connectivity index (χ4v) is 2.96. The van der Waals surface area contributed by atoms with Crippen LogP contribution in [0.3, 0.4) is 0 Å². The first-order valence-corrected chi connectivity index (χ1v) is 7.81. The molecule has 0 saturated carbocycles. The molecule has 1 aromatic carbocycles. The topological polar surface area (TPSA) is 76.7 Å². The summed E-state index contributed by atoms with van der Waals surface area (Å²) < 4.78 is 36.6. The first-order chi connectivity index (χ1) is 9.11. The fraction of sp³-hybridized carbons (Fsp3) is 0.500. The summed E-state index contributed by atoms with van der Waals surface area (Å²) in [7, 11) is -1.46. The van der Waals surface area contributed by atoms with Gasteiger partial charge < -0.3 is 14.8 Å². The van der Waals surface area contributed by atoms with Crippen LogP contribution in [0.5, 0.6) is 11.5 Å². The number of fused-ring (bicyclic) bond motifs is 1. The zero-order chi connectivity index (χ0) is 13.7. The van der Waals surface area contributed by atoms with Gasteiger partial charge in [0, 0.05) is 6.07 Å². The van der Waals surface area contributed by atoms with Crippen molar-refractivity contribution < 1.29 is 17.9 Å². The number of hydrogen-bond donors (Lipinski definition) is 2. The third-order valence-electron chi connectivity index (χ3n) is 2.74. The average Bonchev–Trinajstić information content (AvgIpc) is 2.81. The van der Waals surface area contributed by atoms with Gasteiger partial charge in [-0.25, -0.2) is 8.42 Å². The SMILES string of the molecule is CNCCCCS(=O)(=O)Nc1ccc2c(c1)OCO2. The number of hydrogen-bond acceptors (Lipinski definition) is 5. The van der Waals surface area contributed by atoms with Crippen LogP contribution in [0.2, 0.25) is 0 Å². The van der Waals surface area contributed by atoms with E-state index in [1.165, 1.54) is 0 Å². The summed E-state index contributed by atoms with van der Waals surface area (Å²) in [4.78, 5) is 0. The number of rotatable bonds is 7. The van der Waals surface area contributed by atoms with Crippen LogP contribution >= 0.6 is 0 Å². The molecule has 0 atom stereocenters. The average molecular weight is 286 g/mol. The van der Waals surface area contributed by atoms with Gasteiger partial charge in [-0.15, -0.1) is 0 Å². The van der Waals surface area contributed by atoms with Gasteiger partial charge in [-0.2, -0.15) is 0 Å². The van der Waals surface area contributed by atoms with Crippen molar-refractivity contribution in [1.29, 1.82) is 0 Å². The molecule has 1 aliphatic heterocycles. The highest BCUT2D eigenvalue weighted by Gasteiger charge is 2.16. The van der Waals surface area contributed by atoms with E-state index in [1.807, 2.05) is 7.05 Å². The maximum atomic E-state index is 11.9. The molecule has 2 rings (SSSR count). The first-order valence-electron chi connectivity index (χ1n) is 6.15. The number of unbranched alkanes of at least 4 members (excludes halogenated alkanes) is 1. The van der Waals surface area contributed by atoms with Crippen molar-refractivity contribution in [2.45, 2.75) is 12.8 Å². The van der Waals surface area contributed by atoms with Crippen molar-refractivity contribution in [1.82, 2.24) is 5.32 Å². The van der Waals surface area contributed by atoms with E-state index in [4.69, 9.17) is 9.47 Å². The smallest absolute Gasteiger partial charge is 0.232 e. The third kappa shape index (κ3) is 4.00. The van der Waals surface area contributed by atoms with Crippen LogP contribution in [0.1, 0.15) is 12.8 Å². The van der Waals surface area contributed by atoms with Crippen LogP contribution < -0.4 is 19.5 Å². The Balaban J connectivity index is 1.92. The molecule has 0 radical (unpaired) electrons. The second-order valence-corrected chi connectivity index (χ2v) is 6.14. The Labute approximate surface area is 113 Å². The third-order valence-corrected chi connectivity index (χ3v) is 4.11. The highest BCUT2D eigenvalue weighted by atomic mass is 32.2.